The number of nitrogens with zero attached hydrogens (tertiary/aromatic N) is 1. The fourth-order valence-electron chi connectivity index (χ4n) is 3.06. The molecule has 2 aliphatic rings. The van der Waals surface area contributed by atoms with E-state index in [-0.39, 0.29) is 18.7 Å². The van der Waals surface area contributed by atoms with Gasteiger partial charge in [-0.1, -0.05) is 0 Å². The predicted octanol–water partition coefficient (Wildman–Crippen LogP) is -1.70. The van der Waals surface area contributed by atoms with Crippen molar-refractivity contribution in [1.82, 2.24) is 4.90 Å². The topological polar surface area (TPSA) is 84.2 Å². The quantitative estimate of drug-likeness (QED) is 0.420. The molecule has 2 heterocycles. The van der Waals surface area contributed by atoms with Crippen molar-refractivity contribution in [2.24, 2.45) is 0 Å². The average molecular weight is 217 g/mol. The Hall–Kier alpha value is -0.200. The van der Waals surface area contributed by atoms with Crippen molar-refractivity contribution >= 4 is 0 Å². The molecule has 6 atom stereocenters. The SMILES string of the molecule is C[C@H]1C[C@H](O)C[C@@H]2[C@@H](O)[C@H](O)[C@@H](CO)N21. The molecule has 2 aliphatic heterocycles. The number of aliphatic hydroxyl groups excluding tert-OH is 4. The van der Waals surface area contributed by atoms with Gasteiger partial charge in [0.1, 0.15) is 0 Å². The zero-order valence-electron chi connectivity index (χ0n) is 8.82. The minimum atomic E-state index is -0.909. The molecule has 2 rings (SSSR count). The van der Waals surface area contributed by atoms with Crippen molar-refractivity contribution in [2.45, 2.75) is 56.2 Å². The van der Waals surface area contributed by atoms with E-state index < -0.39 is 24.4 Å². The molecule has 15 heavy (non-hydrogen) atoms. The van der Waals surface area contributed by atoms with Crippen molar-refractivity contribution in [3.8, 4) is 0 Å². The monoisotopic (exact) mass is 217 g/mol. The highest BCUT2D eigenvalue weighted by Gasteiger charge is 2.51. The van der Waals surface area contributed by atoms with Crippen molar-refractivity contribution in [3.63, 3.8) is 0 Å². The average Bonchev–Trinajstić information content (AvgIpc) is 2.42. The van der Waals surface area contributed by atoms with Crippen LogP contribution in [0.1, 0.15) is 19.8 Å². The maximum absolute atomic E-state index is 9.82. The lowest BCUT2D eigenvalue weighted by molar-refractivity contribution is -0.0226. The van der Waals surface area contributed by atoms with Crippen molar-refractivity contribution in [3.05, 3.63) is 0 Å². The van der Waals surface area contributed by atoms with E-state index in [0.29, 0.717) is 12.8 Å². The highest BCUT2D eigenvalue weighted by atomic mass is 16.3. The van der Waals surface area contributed by atoms with Gasteiger partial charge in [-0.25, -0.2) is 0 Å². The Morgan fingerprint density at radius 2 is 1.80 bits per heavy atom. The lowest BCUT2D eigenvalue weighted by Gasteiger charge is -2.41. The number of piperidine rings is 1. The molecule has 0 aromatic heterocycles. The maximum Gasteiger partial charge on any atom is 0.0991 e. The van der Waals surface area contributed by atoms with E-state index >= 15 is 0 Å². The number of fused-ring (bicyclic) bond motifs is 1. The molecule has 5 nitrogen and oxygen atoms in total. The van der Waals surface area contributed by atoms with Crippen LogP contribution in [0.5, 0.6) is 0 Å². The third-order valence-corrected chi connectivity index (χ3v) is 3.73. The molecular formula is C10H19NO4. The van der Waals surface area contributed by atoms with Crippen LogP contribution in [0.15, 0.2) is 0 Å². The second-order valence-corrected chi connectivity index (χ2v) is 4.72. The second-order valence-electron chi connectivity index (χ2n) is 4.72. The highest BCUT2D eigenvalue weighted by Crippen LogP contribution is 2.35. The number of aliphatic hydroxyl groups is 4. The first kappa shape index (κ1) is 11.3. The number of rotatable bonds is 1. The van der Waals surface area contributed by atoms with Gasteiger partial charge < -0.3 is 20.4 Å². The van der Waals surface area contributed by atoms with Crippen molar-refractivity contribution < 1.29 is 20.4 Å². The molecule has 0 aliphatic carbocycles. The standard InChI is InChI=1S/C10H19NO4/c1-5-2-6(13)3-7-9(14)10(15)8(4-12)11(5)7/h5-10,12-15H,2-4H2,1H3/t5-,6-,7+,8+,9+,10+/m0/s1. The maximum atomic E-state index is 9.82. The van der Waals surface area contributed by atoms with E-state index in [1.165, 1.54) is 0 Å². The van der Waals surface area contributed by atoms with Gasteiger partial charge in [0, 0.05) is 12.1 Å². The molecule has 5 heteroatoms. The normalized spacial score (nSPS) is 51.8. The third-order valence-electron chi connectivity index (χ3n) is 3.73. The second kappa shape index (κ2) is 3.99. The number of hydrogen-bond donors (Lipinski definition) is 4. The first-order valence-corrected chi connectivity index (χ1v) is 5.48. The Balaban J connectivity index is 2.21. The lowest BCUT2D eigenvalue weighted by Crippen LogP contribution is -2.52. The van der Waals surface area contributed by atoms with Crippen LogP contribution in [0.4, 0.5) is 0 Å². The van der Waals surface area contributed by atoms with Crippen LogP contribution in [0, 0.1) is 0 Å². The summed E-state index contributed by atoms with van der Waals surface area (Å²) in [7, 11) is 0. The molecule has 0 aromatic carbocycles. The summed E-state index contributed by atoms with van der Waals surface area (Å²) in [6.07, 6.45) is -1.08. The molecule has 0 saturated carbocycles. The Labute approximate surface area is 88.9 Å². The first-order valence-electron chi connectivity index (χ1n) is 5.48. The van der Waals surface area contributed by atoms with Gasteiger partial charge in [0.25, 0.3) is 0 Å². The fourth-order valence-corrected chi connectivity index (χ4v) is 3.06. The molecule has 0 amide bonds. The van der Waals surface area contributed by atoms with E-state index in [9.17, 15) is 20.4 Å². The number of hydrogen-bond acceptors (Lipinski definition) is 5. The van der Waals surface area contributed by atoms with E-state index in [2.05, 4.69) is 0 Å². The molecule has 0 radical (unpaired) electrons. The van der Waals surface area contributed by atoms with Crippen molar-refractivity contribution in [1.29, 1.82) is 0 Å². The third kappa shape index (κ3) is 1.68. The van der Waals surface area contributed by atoms with E-state index in [1.54, 1.807) is 0 Å². The highest BCUT2D eigenvalue weighted by molar-refractivity contribution is 5.05. The summed E-state index contributed by atoms with van der Waals surface area (Å²) in [6, 6.07) is -0.536. The van der Waals surface area contributed by atoms with Gasteiger partial charge in [-0.05, 0) is 19.8 Å². The zero-order chi connectivity index (χ0) is 11.2. The minimum Gasteiger partial charge on any atom is -0.395 e. The van der Waals surface area contributed by atoms with Gasteiger partial charge in [0.15, 0.2) is 0 Å². The zero-order valence-corrected chi connectivity index (χ0v) is 8.82. The summed E-state index contributed by atoms with van der Waals surface area (Å²) in [5.74, 6) is 0. The van der Waals surface area contributed by atoms with Gasteiger partial charge in [0.2, 0.25) is 0 Å². The molecule has 0 bridgehead atoms. The summed E-state index contributed by atoms with van der Waals surface area (Å²) in [5, 5.41) is 38.4. The Morgan fingerprint density at radius 1 is 1.13 bits per heavy atom. The lowest BCUT2D eigenvalue weighted by atomic mass is 9.93. The van der Waals surface area contributed by atoms with Crippen LogP contribution in [0.3, 0.4) is 0 Å². The van der Waals surface area contributed by atoms with Crippen molar-refractivity contribution in [2.75, 3.05) is 6.61 Å². The molecule has 0 aromatic rings. The summed E-state index contributed by atoms with van der Waals surface area (Å²) in [6.45, 7) is 1.79. The molecule has 2 saturated heterocycles. The molecular weight excluding hydrogens is 198 g/mol. The summed E-state index contributed by atoms with van der Waals surface area (Å²) in [4.78, 5) is 1.95. The summed E-state index contributed by atoms with van der Waals surface area (Å²) in [5.41, 5.74) is 0. The van der Waals surface area contributed by atoms with E-state index in [4.69, 9.17) is 0 Å². The first-order chi connectivity index (χ1) is 7.06. The molecule has 0 unspecified atom stereocenters. The van der Waals surface area contributed by atoms with E-state index in [0.717, 1.165) is 0 Å². The predicted molar refractivity (Wildman–Crippen MR) is 53.2 cm³/mol. The minimum absolute atomic E-state index is 0.0858. The van der Waals surface area contributed by atoms with Gasteiger partial charge in [-0.2, -0.15) is 0 Å². The van der Waals surface area contributed by atoms with Crippen LogP contribution < -0.4 is 0 Å². The van der Waals surface area contributed by atoms with Gasteiger partial charge in [-0.15, -0.1) is 0 Å². The largest absolute Gasteiger partial charge is 0.395 e. The Morgan fingerprint density at radius 3 is 2.40 bits per heavy atom. The Kier molecular flexibility index (Phi) is 3.00. The van der Waals surface area contributed by atoms with Crippen LogP contribution in [0.2, 0.25) is 0 Å². The smallest absolute Gasteiger partial charge is 0.0991 e. The van der Waals surface area contributed by atoms with E-state index in [1.807, 2.05) is 11.8 Å². The van der Waals surface area contributed by atoms with Crippen LogP contribution in [0.25, 0.3) is 0 Å². The fraction of sp³-hybridized carbons (Fsp3) is 1.00. The molecule has 4 N–H and O–H groups in total. The summed E-state index contributed by atoms with van der Waals surface area (Å²) < 4.78 is 0. The van der Waals surface area contributed by atoms with Gasteiger partial charge in [-0.3, -0.25) is 4.90 Å². The van der Waals surface area contributed by atoms with Gasteiger partial charge >= 0.3 is 0 Å². The van der Waals surface area contributed by atoms with Gasteiger partial charge in [0.05, 0.1) is 31.0 Å². The van der Waals surface area contributed by atoms with Crippen LogP contribution in [-0.2, 0) is 0 Å². The molecule has 88 valence electrons. The van der Waals surface area contributed by atoms with Crippen LogP contribution in [-0.4, -0.2) is 68.4 Å². The van der Waals surface area contributed by atoms with Crippen LogP contribution >= 0.6 is 0 Å². The summed E-state index contributed by atoms with van der Waals surface area (Å²) >= 11 is 0. The Bertz CT molecular complexity index is 237. The molecule has 2 fully saturated rings. The molecule has 0 spiro atoms.